The molecule has 168 valence electrons. The summed E-state index contributed by atoms with van der Waals surface area (Å²) in [4.78, 5) is 28.9. The van der Waals surface area contributed by atoms with E-state index >= 15 is 0 Å². The second-order valence-electron chi connectivity index (χ2n) is 7.07. The third kappa shape index (κ3) is 4.70. The van der Waals surface area contributed by atoms with Crippen molar-refractivity contribution >= 4 is 45.8 Å². The molecule has 2 aromatic rings. The van der Waals surface area contributed by atoms with Gasteiger partial charge in [0.05, 0.1) is 18.2 Å². The fourth-order valence-electron chi connectivity index (χ4n) is 3.12. The largest absolute Gasteiger partial charge is 0.493 e. The second-order valence-corrected chi connectivity index (χ2v) is 8.11. The summed E-state index contributed by atoms with van der Waals surface area (Å²) in [6.07, 6.45) is 3.15. The maximum Gasteiger partial charge on any atom is 0.343 e. The number of methoxy groups -OCH3 is 1. The first-order valence-electron chi connectivity index (χ1n) is 10.0. The highest BCUT2D eigenvalue weighted by Crippen LogP contribution is 2.32. The van der Waals surface area contributed by atoms with E-state index in [9.17, 15) is 14.0 Å². The number of amidine groups is 2. The minimum atomic E-state index is -0.669. The van der Waals surface area contributed by atoms with Crippen molar-refractivity contribution in [2.24, 2.45) is 10.1 Å². The van der Waals surface area contributed by atoms with E-state index in [4.69, 9.17) is 14.9 Å². The summed E-state index contributed by atoms with van der Waals surface area (Å²) in [6.45, 7) is 2.03. The van der Waals surface area contributed by atoms with Gasteiger partial charge in [0.1, 0.15) is 10.9 Å². The minimum Gasteiger partial charge on any atom is -0.493 e. The fraction of sp³-hybridized carbons (Fsp3) is 0.174. The van der Waals surface area contributed by atoms with Gasteiger partial charge in [0, 0.05) is 0 Å². The van der Waals surface area contributed by atoms with Crippen LogP contribution < -0.4 is 9.47 Å². The molecule has 0 aromatic heterocycles. The summed E-state index contributed by atoms with van der Waals surface area (Å²) in [5, 5.41) is 15.4. The monoisotopic (exact) mass is 466 g/mol. The molecule has 0 atom stereocenters. The summed E-state index contributed by atoms with van der Waals surface area (Å²) in [6, 6.07) is 9.69. The van der Waals surface area contributed by atoms with Crippen molar-refractivity contribution in [2.75, 3.05) is 7.11 Å². The Labute approximate surface area is 193 Å². The van der Waals surface area contributed by atoms with Gasteiger partial charge in [-0.3, -0.25) is 10.2 Å². The first-order valence-corrected chi connectivity index (χ1v) is 10.9. The molecule has 33 heavy (non-hydrogen) atoms. The molecule has 2 aliphatic heterocycles. The Morgan fingerprint density at radius 2 is 1.97 bits per heavy atom. The van der Waals surface area contributed by atoms with Gasteiger partial charge in [0.25, 0.3) is 5.91 Å². The molecule has 1 N–H and O–H groups in total. The van der Waals surface area contributed by atoms with E-state index in [0.717, 1.165) is 17.9 Å². The van der Waals surface area contributed by atoms with Crippen LogP contribution in [0.25, 0.3) is 6.08 Å². The van der Waals surface area contributed by atoms with Gasteiger partial charge in [-0.15, -0.1) is 0 Å². The van der Waals surface area contributed by atoms with Gasteiger partial charge < -0.3 is 9.47 Å². The Morgan fingerprint density at radius 1 is 1.21 bits per heavy atom. The third-order valence-corrected chi connectivity index (χ3v) is 5.71. The van der Waals surface area contributed by atoms with Crippen LogP contribution in [0.1, 0.15) is 35.7 Å². The van der Waals surface area contributed by atoms with Gasteiger partial charge in [-0.25, -0.2) is 9.18 Å². The molecule has 0 unspecified atom stereocenters. The van der Waals surface area contributed by atoms with Crippen LogP contribution in [-0.4, -0.2) is 40.0 Å². The maximum absolute atomic E-state index is 13.1. The smallest absolute Gasteiger partial charge is 0.343 e. The van der Waals surface area contributed by atoms with Crippen LogP contribution in [0.3, 0.4) is 0 Å². The normalized spacial score (nSPS) is 16.5. The van der Waals surface area contributed by atoms with Crippen molar-refractivity contribution in [1.82, 2.24) is 5.01 Å². The standard InChI is InChI=1S/C23H19FN4O4S/c1-3-4-19-27-28-20(25)16(21(29)26-23(28)33-19)11-13-5-10-17(18(12-13)31-2)32-22(30)14-6-8-15(24)9-7-14/h5-12,25H,3-4H2,1-2H3. The van der Waals surface area contributed by atoms with Crippen LogP contribution in [0.5, 0.6) is 11.5 Å². The van der Waals surface area contributed by atoms with E-state index < -0.39 is 17.7 Å². The quantitative estimate of drug-likeness (QED) is 0.383. The number of benzene rings is 2. The Morgan fingerprint density at radius 3 is 2.67 bits per heavy atom. The molecule has 0 bridgehead atoms. The summed E-state index contributed by atoms with van der Waals surface area (Å²) >= 11 is 1.30. The lowest BCUT2D eigenvalue weighted by atomic mass is 10.1. The number of amides is 1. The number of thioether (sulfide) groups is 1. The van der Waals surface area contributed by atoms with E-state index in [-0.39, 0.29) is 28.5 Å². The number of carbonyl (C=O) groups excluding carboxylic acids is 2. The lowest BCUT2D eigenvalue weighted by molar-refractivity contribution is -0.114. The summed E-state index contributed by atoms with van der Waals surface area (Å²) in [5.41, 5.74) is 0.815. The van der Waals surface area contributed by atoms with Crippen molar-refractivity contribution in [2.45, 2.75) is 19.8 Å². The Balaban J connectivity index is 1.57. The molecule has 0 fully saturated rings. The molecule has 2 heterocycles. The lowest BCUT2D eigenvalue weighted by Gasteiger charge is -2.20. The van der Waals surface area contributed by atoms with Crippen molar-refractivity contribution in [3.8, 4) is 11.5 Å². The van der Waals surface area contributed by atoms with Crippen LogP contribution in [0.4, 0.5) is 4.39 Å². The van der Waals surface area contributed by atoms with E-state index in [2.05, 4.69) is 10.1 Å². The van der Waals surface area contributed by atoms with Crippen LogP contribution in [-0.2, 0) is 4.79 Å². The number of esters is 1. The van der Waals surface area contributed by atoms with Crippen LogP contribution in [0.15, 0.2) is 58.1 Å². The second kappa shape index (κ2) is 9.37. The Bertz CT molecular complexity index is 1240. The molecule has 4 rings (SSSR count). The molecule has 0 aliphatic carbocycles. The van der Waals surface area contributed by atoms with E-state index in [0.29, 0.717) is 10.7 Å². The number of halogens is 1. The highest BCUT2D eigenvalue weighted by atomic mass is 32.2. The molecule has 2 aliphatic rings. The molecular weight excluding hydrogens is 447 g/mol. The van der Waals surface area contributed by atoms with Gasteiger partial charge in [0.15, 0.2) is 17.3 Å². The summed E-state index contributed by atoms with van der Waals surface area (Å²) in [5.74, 6) is -1.31. The molecule has 1 amide bonds. The number of rotatable bonds is 6. The molecular formula is C23H19FN4O4S. The highest BCUT2D eigenvalue weighted by Gasteiger charge is 2.35. The van der Waals surface area contributed by atoms with Crippen molar-refractivity contribution in [3.63, 3.8) is 0 Å². The van der Waals surface area contributed by atoms with E-state index in [1.54, 1.807) is 12.1 Å². The summed E-state index contributed by atoms with van der Waals surface area (Å²) < 4.78 is 23.8. The zero-order chi connectivity index (χ0) is 23.5. The highest BCUT2D eigenvalue weighted by molar-refractivity contribution is 8.26. The van der Waals surface area contributed by atoms with Crippen LogP contribution in [0.2, 0.25) is 0 Å². The van der Waals surface area contributed by atoms with E-state index in [1.807, 2.05) is 6.92 Å². The number of nitrogens with one attached hydrogen (secondary N) is 1. The first kappa shape index (κ1) is 22.4. The number of hydrazone groups is 1. The zero-order valence-corrected chi connectivity index (χ0v) is 18.6. The van der Waals surface area contributed by atoms with Gasteiger partial charge >= 0.3 is 5.97 Å². The van der Waals surface area contributed by atoms with Crippen molar-refractivity contribution in [3.05, 3.63) is 65.0 Å². The van der Waals surface area contributed by atoms with Crippen LogP contribution in [0, 0.1) is 11.2 Å². The number of carbonyl (C=O) groups is 2. The van der Waals surface area contributed by atoms with Crippen molar-refractivity contribution in [1.29, 1.82) is 5.41 Å². The Hall–Kier alpha value is -3.79. The number of nitrogens with zero attached hydrogens (tertiary/aromatic N) is 3. The number of ether oxygens (including phenoxy) is 2. The van der Waals surface area contributed by atoms with E-state index in [1.165, 1.54) is 60.3 Å². The average Bonchev–Trinajstić information content (AvgIpc) is 3.20. The molecule has 10 heteroatoms. The fourth-order valence-corrected chi connectivity index (χ4v) is 4.10. The minimum absolute atomic E-state index is 0.0608. The number of hydrogen-bond donors (Lipinski definition) is 1. The number of aliphatic imine (C=N–C) groups is 1. The van der Waals surface area contributed by atoms with Gasteiger partial charge in [0.2, 0.25) is 5.17 Å². The molecule has 0 saturated carbocycles. The van der Waals surface area contributed by atoms with Crippen molar-refractivity contribution < 1.29 is 23.5 Å². The van der Waals surface area contributed by atoms with Crippen LogP contribution >= 0.6 is 11.8 Å². The summed E-state index contributed by atoms with van der Waals surface area (Å²) in [7, 11) is 1.41. The molecule has 0 radical (unpaired) electrons. The predicted molar refractivity (Wildman–Crippen MR) is 124 cm³/mol. The number of hydrogen-bond acceptors (Lipinski definition) is 7. The molecule has 0 saturated heterocycles. The Kier molecular flexibility index (Phi) is 6.36. The maximum atomic E-state index is 13.1. The van der Waals surface area contributed by atoms with Gasteiger partial charge in [-0.1, -0.05) is 13.0 Å². The zero-order valence-electron chi connectivity index (χ0n) is 17.8. The molecule has 2 aromatic carbocycles. The SMILES string of the molecule is CCCC1=NN2C(=N)C(=Cc3ccc(OC(=O)c4ccc(F)cc4)c(OC)c3)C(=O)N=C2S1. The van der Waals surface area contributed by atoms with Gasteiger partial charge in [-0.2, -0.15) is 15.1 Å². The molecule has 8 nitrogen and oxygen atoms in total. The predicted octanol–water partition coefficient (Wildman–Crippen LogP) is 4.47. The topological polar surface area (TPSA) is 104 Å². The molecule has 0 spiro atoms. The van der Waals surface area contributed by atoms with Gasteiger partial charge in [-0.05, 0) is 72.6 Å². The average molecular weight is 466 g/mol. The lowest BCUT2D eigenvalue weighted by Crippen LogP contribution is -2.35. The third-order valence-electron chi connectivity index (χ3n) is 4.74. The number of fused-ring (bicyclic) bond motifs is 1. The first-order chi connectivity index (χ1) is 15.9.